The smallest absolute Gasteiger partial charge is 0.341 e. The molecule has 0 aliphatic carbocycles. The Morgan fingerprint density at radius 1 is 1.28 bits per heavy atom. The van der Waals surface area contributed by atoms with Crippen LogP contribution >= 0.6 is 0 Å². The fraction of sp³-hybridized carbons (Fsp3) is 0.500. The van der Waals surface area contributed by atoms with E-state index in [-0.39, 0.29) is 12.3 Å². The average Bonchev–Trinajstić information content (AvgIpc) is 2.55. The Morgan fingerprint density at radius 2 is 1.88 bits per heavy atom. The van der Waals surface area contributed by atoms with Gasteiger partial charge in [0.15, 0.2) is 0 Å². The van der Waals surface area contributed by atoms with Crippen molar-refractivity contribution in [1.29, 1.82) is 0 Å². The lowest BCUT2D eigenvalue weighted by Gasteiger charge is -2.37. The van der Waals surface area contributed by atoms with E-state index in [9.17, 15) is 31.9 Å². The normalized spacial score (nSPS) is 21.4. The summed E-state index contributed by atoms with van der Waals surface area (Å²) in [5.41, 5.74) is 0.475. The number of hydrogen-bond donors (Lipinski definition) is 1. The third kappa shape index (κ3) is 4.15. The number of carboxylic acid groups (broad SMARTS) is 1. The van der Waals surface area contributed by atoms with Crippen molar-refractivity contribution in [2.24, 2.45) is 5.92 Å². The number of nitrogens with zero attached hydrogens (tertiary/aromatic N) is 1. The van der Waals surface area contributed by atoms with Crippen LogP contribution in [0.5, 0.6) is 0 Å². The van der Waals surface area contributed by atoms with Gasteiger partial charge in [-0.1, -0.05) is 12.1 Å². The zero-order valence-electron chi connectivity index (χ0n) is 13.6. The minimum absolute atomic E-state index is 0.0499. The molecule has 25 heavy (non-hydrogen) atoms. The SMILES string of the molecule is C[C@@H]1[C@H](C(=O)O)CCCN1C(=O)Cc1ccc(S(=O)(=O)C(F)F)cc1. The summed E-state index contributed by atoms with van der Waals surface area (Å²) in [6, 6.07) is 4.29. The average molecular weight is 375 g/mol. The van der Waals surface area contributed by atoms with Crippen molar-refractivity contribution in [3.8, 4) is 0 Å². The molecule has 1 fully saturated rings. The van der Waals surface area contributed by atoms with Crippen molar-refractivity contribution in [3.63, 3.8) is 0 Å². The first kappa shape index (κ1) is 19.3. The van der Waals surface area contributed by atoms with E-state index < -0.39 is 38.4 Å². The highest BCUT2D eigenvalue weighted by Gasteiger charge is 2.35. The van der Waals surface area contributed by atoms with E-state index in [0.29, 0.717) is 24.9 Å². The molecule has 1 heterocycles. The van der Waals surface area contributed by atoms with Gasteiger partial charge >= 0.3 is 11.7 Å². The quantitative estimate of drug-likeness (QED) is 0.849. The summed E-state index contributed by atoms with van der Waals surface area (Å²) in [6.07, 6.45) is 1.06. The molecule has 1 aromatic rings. The van der Waals surface area contributed by atoms with Crippen molar-refractivity contribution in [1.82, 2.24) is 4.90 Å². The van der Waals surface area contributed by atoms with Crippen LogP contribution in [0.15, 0.2) is 29.2 Å². The van der Waals surface area contributed by atoms with E-state index in [0.717, 1.165) is 12.1 Å². The number of hydrogen-bond acceptors (Lipinski definition) is 4. The number of carbonyl (C=O) groups is 2. The van der Waals surface area contributed by atoms with Gasteiger partial charge in [0.2, 0.25) is 15.7 Å². The molecular formula is C16H19F2NO5S. The van der Waals surface area contributed by atoms with Gasteiger partial charge in [0.05, 0.1) is 17.2 Å². The number of aliphatic carboxylic acids is 1. The Morgan fingerprint density at radius 3 is 2.40 bits per heavy atom. The second kappa shape index (κ2) is 7.47. The molecule has 0 spiro atoms. The third-order valence-corrected chi connectivity index (χ3v) is 5.87. The van der Waals surface area contributed by atoms with Crippen LogP contribution in [-0.2, 0) is 25.8 Å². The summed E-state index contributed by atoms with van der Waals surface area (Å²) >= 11 is 0. The molecule has 1 aliphatic rings. The van der Waals surface area contributed by atoms with Gasteiger partial charge in [-0.25, -0.2) is 8.42 Å². The number of rotatable bonds is 5. The van der Waals surface area contributed by atoms with E-state index >= 15 is 0 Å². The zero-order chi connectivity index (χ0) is 18.8. The molecule has 1 aliphatic heterocycles. The third-order valence-electron chi connectivity index (χ3n) is 4.47. The zero-order valence-corrected chi connectivity index (χ0v) is 14.4. The van der Waals surface area contributed by atoms with Crippen LogP contribution in [0.4, 0.5) is 8.78 Å². The van der Waals surface area contributed by atoms with Crippen LogP contribution in [0.1, 0.15) is 25.3 Å². The summed E-state index contributed by atoms with van der Waals surface area (Å²) < 4.78 is 47.7. The van der Waals surface area contributed by atoms with Gasteiger partial charge in [-0.15, -0.1) is 0 Å². The van der Waals surface area contributed by atoms with Crippen LogP contribution in [0.2, 0.25) is 0 Å². The van der Waals surface area contributed by atoms with Crippen molar-refractivity contribution in [2.45, 2.75) is 42.9 Å². The fourth-order valence-electron chi connectivity index (χ4n) is 3.00. The second-order valence-electron chi connectivity index (χ2n) is 6.04. The molecule has 6 nitrogen and oxygen atoms in total. The molecule has 0 bridgehead atoms. The van der Waals surface area contributed by atoms with Crippen LogP contribution in [0.25, 0.3) is 0 Å². The number of carbonyl (C=O) groups excluding carboxylic acids is 1. The number of piperidine rings is 1. The maximum atomic E-state index is 12.5. The highest BCUT2D eigenvalue weighted by atomic mass is 32.2. The van der Waals surface area contributed by atoms with Crippen molar-refractivity contribution >= 4 is 21.7 Å². The lowest BCUT2D eigenvalue weighted by Crippen LogP contribution is -2.49. The molecule has 2 rings (SSSR count). The number of sulfone groups is 1. The number of likely N-dealkylation sites (tertiary alicyclic amines) is 1. The van der Waals surface area contributed by atoms with Crippen molar-refractivity contribution in [3.05, 3.63) is 29.8 Å². The van der Waals surface area contributed by atoms with Crippen molar-refractivity contribution in [2.75, 3.05) is 6.54 Å². The lowest BCUT2D eigenvalue weighted by atomic mass is 9.90. The molecule has 1 amide bonds. The van der Waals surface area contributed by atoms with Crippen LogP contribution in [0, 0.1) is 5.92 Å². The summed E-state index contributed by atoms with van der Waals surface area (Å²) in [4.78, 5) is 24.7. The molecule has 9 heteroatoms. The van der Waals surface area contributed by atoms with Crippen LogP contribution in [0.3, 0.4) is 0 Å². The minimum Gasteiger partial charge on any atom is -0.481 e. The molecule has 138 valence electrons. The predicted octanol–water partition coefficient (Wildman–Crippen LogP) is 1.94. The minimum atomic E-state index is -4.66. The summed E-state index contributed by atoms with van der Waals surface area (Å²) in [6.45, 7) is 2.15. The van der Waals surface area contributed by atoms with E-state index in [1.165, 1.54) is 17.0 Å². The van der Waals surface area contributed by atoms with E-state index in [4.69, 9.17) is 0 Å². The van der Waals surface area contributed by atoms with Gasteiger partial charge in [0.25, 0.3) is 0 Å². The summed E-state index contributed by atoms with van der Waals surface area (Å²) in [5.74, 6) is -5.33. The first-order chi connectivity index (χ1) is 11.6. The molecule has 1 aromatic carbocycles. The van der Waals surface area contributed by atoms with E-state index in [1.807, 2.05) is 0 Å². The van der Waals surface area contributed by atoms with Gasteiger partial charge in [-0.2, -0.15) is 8.78 Å². The van der Waals surface area contributed by atoms with Gasteiger partial charge in [-0.05, 0) is 37.5 Å². The molecule has 2 atom stereocenters. The molecule has 0 radical (unpaired) electrons. The van der Waals surface area contributed by atoms with Gasteiger partial charge < -0.3 is 10.0 Å². The summed E-state index contributed by atoms with van der Waals surface area (Å²) in [7, 11) is -4.66. The molecule has 0 aromatic heterocycles. The maximum Gasteiger partial charge on any atom is 0.341 e. The van der Waals surface area contributed by atoms with Crippen LogP contribution in [-0.4, -0.2) is 48.6 Å². The Bertz CT molecular complexity index is 748. The number of halogens is 2. The highest BCUT2D eigenvalue weighted by Crippen LogP contribution is 2.25. The molecule has 1 N–H and O–H groups in total. The van der Waals surface area contributed by atoms with Crippen LogP contribution < -0.4 is 0 Å². The number of alkyl halides is 2. The number of amides is 1. The van der Waals surface area contributed by atoms with Gasteiger partial charge in [0.1, 0.15) is 0 Å². The number of benzene rings is 1. The first-order valence-corrected chi connectivity index (χ1v) is 9.32. The largest absolute Gasteiger partial charge is 0.481 e. The molecule has 1 saturated heterocycles. The Balaban J connectivity index is 2.09. The maximum absolute atomic E-state index is 12.5. The van der Waals surface area contributed by atoms with Crippen molar-refractivity contribution < 1.29 is 31.9 Å². The monoisotopic (exact) mass is 375 g/mol. The Hall–Kier alpha value is -2.03. The highest BCUT2D eigenvalue weighted by molar-refractivity contribution is 7.91. The predicted molar refractivity (Wildman–Crippen MR) is 84.9 cm³/mol. The first-order valence-electron chi connectivity index (χ1n) is 7.78. The van der Waals surface area contributed by atoms with Gasteiger partial charge in [0, 0.05) is 12.6 Å². The van der Waals surface area contributed by atoms with Gasteiger partial charge in [-0.3, -0.25) is 9.59 Å². The fourth-order valence-corrected chi connectivity index (χ4v) is 3.72. The van der Waals surface area contributed by atoms with E-state index in [2.05, 4.69) is 0 Å². The summed E-state index contributed by atoms with van der Waals surface area (Å²) in [5, 5.41) is 9.19. The second-order valence-corrected chi connectivity index (χ2v) is 7.96. The molecule has 0 unspecified atom stereocenters. The topological polar surface area (TPSA) is 91.8 Å². The number of carboxylic acids is 1. The van der Waals surface area contributed by atoms with E-state index in [1.54, 1.807) is 6.92 Å². The Kier molecular flexibility index (Phi) is 5.76. The molecular weight excluding hydrogens is 356 g/mol. The Labute approximate surface area is 144 Å². The standard InChI is InChI=1S/C16H19F2NO5S/c1-10-13(15(21)22)3-2-8-19(10)14(20)9-11-4-6-12(7-5-11)25(23,24)16(17)18/h4-7,10,13,16H,2-3,8-9H2,1H3,(H,21,22)/t10-,13-/m1/s1. The molecule has 0 saturated carbocycles. The lowest BCUT2D eigenvalue weighted by molar-refractivity contribution is -0.148.